The summed E-state index contributed by atoms with van der Waals surface area (Å²) in [5.41, 5.74) is 1.31. The Balaban J connectivity index is -0.000000149. The van der Waals surface area contributed by atoms with Crippen LogP contribution in [0.1, 0.15) is 26.7 Å². The second kappa shape index (κ2) is 15.9. The molecule has 10 heavy (non-hydrogen) atoms. The SMILES string of the molecule is C=C.CCC(CC)=NC.S. The molecule has 0 aromatic heterocycles. The fourth-order valence-corrected chi connectivity index (χ4v) is 0.566. The highest BCUT2D eigenvalue weighted by Gasteiger charge is 1.84. The van der Waals surface area contributed by atoms with Crippen LogP contribution in [0.15, 0.2) is 18.2 Å². The van der Waals surface area contributed by atoms with Crippen LogP contribution in [0.3, 0.4) is 0 Å². The summed E-state index contributed by atoms with van der Waals surface area (Å²) in [4.78, 5) is 4.04. The Morgan fingerprint density at radius 1 is 1.20 bits per heavy atom. The van der Waals surface area contributed by atoms with Gasteiger partial charge in [-0.3, -0.25) is 4.99 Å². The van der Waals surface area contributed by atoms with Crippen molar-refractivity contribution < 1.29 is 0 Å². The van der Waals surface area contributed by atoms with Gasteiger partial charge in [0.05, 0.1) is 0 Å². The third-order valence-electron chi connectivity index (χ3n) is 1.13. The van der Waals surface area contributed by atoms with Crippen molar-refractivity contribution in [2.45, 2.75) is 26.7 Å². The van der Waals surface area contributed by atoms with Crippen molar-refractivity contribution in [3.05, 3.63) is 13.2 Å². The summed E-state index contributed by atoms with van der Waals surface area (Å²) in [6.45, 7) is 10.3. The zero-order valence-corrected chi connectivity index (χ0v) is 8.28. The molecule has 0 unspecified atom stereocenters. The molecule has 62 valence electrons. The summed E-state index contributed by atoms with van der Waals surface area (Å²) in [5.74, 6) is 0. The maximum absolute atomic E-state index is 4.04. The minimum Gasteiger partial charge on any atom is -0.297 e. The van der Waals surface area contributed by atoms with Crippen LogP contribution < -0.4 is 0 Å². The first-order valence-electron chi connectivity index (χ1n) is 3.29. The smallest absolute Gasteiger partial charge is 0.0276 e. The molecule has 0 aromatic rings. The second-order valence-electron chi connectivity index (χ2n) is 1.50. The molecule has 0 aliphatic heterocycles. The van der Waals surface area contributed by atoms with Gasteiger partial charge < -0.3 is 0 Å². The maximum atomic E-state index is 4.04. The molecule has 0 amide bonds. The molecule has 1 nitrogen and oxygen atoms in total. The molecular formula is C8H19NS. The van der Waals surface area contributed by atoms with Crippen molar-refractivity contribution in [1.82, 2.24) is 0 Å². The summed E-state index contributed by atoms with van der Waals surface area (Å²) in [6.07, 6.45) is 2.21. The van der Waals surface area contributed by atoms with Gasteiger partial charge in [0.15, 0.2) is 0 Å². The number of hydrogen-bond acceptors (Lipinski definition) is 1. The van der Waals surface area contributed by atoms with E-state index in [0.717, 1.165) is 12.8 Å². The first kappa shape index (κ1) is 16.4. The van der Waals surface area contributed by atoms with E-state index < -0.39 is 0 Å². The van der Waals surface area contributed by atoms with Crippen molar-refractivity contribution >= 4 is 19.2 Å². The zero-order chi connectivity index (χ0) is 7.70. The van der Waals surface area contributed by atoms with Gasteiger partial charge in [-0.2, -0.15) is 13.5 Å². The normalized spacial score (nSPS) is 6.30. The first-order valence-corrected chi connectivity index (χ1v) is 3.29. The van der Waals surface area contributed by atoms with E-state index in [-0.39, 0.29) is 13.5 Å². The van der Waals surface area contributed by atoms with Gasteiger partial charge in [-0.15, -0.1) is 13.2 Å². The molecule has 0 aliphatic carbocycles. The van der Waals surface area contributed by atoms with E-state index in [9.17, 15) is 0 Å². The fourth-order valence-electron chi connectivity index (χ4n) is 0.566. The van der Waals surface area contributed by atoms with Crippen molar-refractivity contribution in [3.63, 3.8) is 0 Å². The molecule has 0 N–H and O–H groups in total. The van der Waals surface area contributed by atoms with Crippen LogP contribution in [-0.4, -0.2) is 12.8 Å². The lowest BCUT2D eigenvalue weighted by atomic mass is 10.2. The summed E-state index contributed by atoms with van der Waals surface area (Å²) in [6, 6.07) is 0. The van der Waals surface area contributed by atoms with Gasteiger partial charge in [0.1, 0.15) is 0 Å². The molecule has 0 radical (unpaired) electrons. The Morgan fingerprint density at radius 2 is 1.50 bits per heavy atom. The Kier molecular flexibility index (Phi) is 26.1. The van der Waals surface area contributed by atoms with Crippen LogP contribution >= 0.6 is 13.5 Å². The highest BCUT2D eigenvalue weighted by Crippen LogP contribution is 1.88. The quantitative estimate of drug-likeness (QED) is 0.436. The van der Waals surface area contributed by atoms with Crippen molar-refractivity contribution in [1.29, 1.82) is 0 Å². The molecule has 0 rings (SSSR count). The van der Waals surface area contributed by atoms with E-state index in [1.807, 2.05) is 7.05 Å². The Morgan fingerprint density at radius 3 is 1.50 bits per heavy atom. The third-order valence-corrected chi connectivity index (χ3v) is 1.13. The topological polar surface area (TPSA) is 12.4 Å². The number of rotatable bonds is 2. The van der Waals surface area contributed by atoms with Crippen LogP contribution in [0.4, 0.5) is 0 Å². The molecule has 0 heterocycles. The largest absolute Gasteiger partial charge is 0.297 e. The van der Waals surface area contributed by atoms with Crippen molar-refractivity contribution in [3.8, 4) is 0 Å². The highest BCUT2D eigenvalue weighted by molar-refractivity contribution is 7.59. The van der Waals surface area contributed by atoms with Crippen LogP contribution in [0, 0.1) is 0 Å². The maximum Gasteiger partial charge on any atom is 0.0276 e. The minimum absolute atomic E-state index is 0. The number of hydrogen-bond donors (Lipinski definition) is 0. The Labute approximate surface area is 71.7 Å². The standard InChI is InChI=1S/C6H13N.C2H4.H2S/c1-4-6(5-2)7-3;1-2;/h4-5H2,1-3H3;1-2H2;1H2. The second-order valence-corrected chi connectivity index (χ2v) is 1.50. The van der Waals surface area contributed by atoms with Crippen LogP contribution in [0.2, 0.25) is 0 Å². The average Bonchev–Trinajstić information content (AvgIpc) is 1.96. The van der Waals surface area contributed by atoms with Crippen molar-refractivity contribution in [2.24, 2.45) is 4.99 Å². The van der Waals surface area contributed by atoms with E-state index in [0.29, 0.717) is 0 Å². The van der Waals surface area contributed by atoms with Gasteiger partial charge in [0.25, 0.3) is 0 Å². The third kappa shape index (κ3) is 10.7. The fraction of sp³-hybridized carbons (Fsp3) is 0.625. The predicted molar refractivity (Wildman–Crippen MR) is 55.6 cm³/mol. The van der Waals surface area contributed by atoms with Gasteiger partial charge in [-0.1, -0.05) is 13.8 Å². The predicted octanol–water partition coefficient (Wildman–Crippen LogP) is 2.79. The van der Waals surface area contributed by atoms with Gasteiger partial charge >= 0.3 is 0 Å². The molecule has 0 bridgehead atoms. The lowest BCUT2D eigenvalue weighted by Crippen LogP contribution is -1.90. The summed E-state index contributed by atoms with van der Waals surface area (Å²) < 4.78 is 0. The Hall–Kier alpha value is -0.240. The summed E-state index contributed by atoms with van der Waals surface area (Å²) in [7, 11) is 1.85. The Bertz CT molecular complexity index is 73.3. The van der Waals surface area contributed by atoms with Gasteiger partial charge in [0, 0.05) is 12.8 Å². The molecule has 0 atom stereocenters. The molecule has 0 saturated heterocycles. The van der Waals surface area contributed by atoms with Gasteiger partial charge in [0.2, 0.25) is 0 Å². The zero-order valence-electron chi connectivity index (χ0n) is 7.28. The lowest BCUT2D eigenvalue weighted by Gasteiger charge is -1.91. The van der Waals surface area contributed by atoms with E-state index in [2.05, 4.69) is 32.0 Å². The molecule has 0 aliphatic rings. The lowest BCUT2D eigenvalue weighted by molar-refractivity contribution is 1.13. The highest BCUT2D eigenvalue weighted by atomic mass is 32.1. The van der Waals surface area contributed by atoms with E-state index in [1.165, 1.54) is 5.71 Å². The van der Waals surface area contributed by atoms with Crippen LogP contribution in [0.25, 0.3) is 0 Å². The van der Waals surface area contributed by atoms with E-state index in [4.69, 9.17) is 0 Å². The number of aliphatic imine (C=N–C) groups is 1. The number of nitrogens with zero attached hydrogens (tertiary/aromatic N) is 1. The molecular weight excluding hydrogens is 142 g/mol. The molecule has 0 spiro atoms. The monoisotopic (exact) mass is 161 g/mol. The van der Waals surface area contributed by atoms with Gasteiger partial charge in [-0.05, 0) is 12.8 Å². The summed E-state index contributed by atoms with van der Waals surface area (Å²) >= 11 is 0. The molecule has 2 heteroatoms. The van der Waals surface area contributed by atoms with E-state index >= 15 is 0 Å². The molecule has 0 saturated carbocycles. The minimum atomic E-state index is 0. The molecule has 0 aromatic carbocycles. The molecule has 0 fully saturated rings. The summed E-state index contributed by atoms with van der Waals surface area (Å²) in [5, 5.41) is 0. The van der Waals surface area contributed by atoms with Crippen molar-refractivity contribution in [2.75, 3.05) is 7.05 Å². The van der Waals surface area contributed by atoms with Crippen LogP contribution in [-0.2, 0) is 0 Å². The van der Waals surface area contributed by atoms with E-state index in [1.54, 1.807) is 0 Å². The van der Waals surface area contributed by atoms with Crippen LogP contribution in [0.5, 0.6) is 0 Å². The first-order chi connectivity index (χ1) is 4.35. The van der Waals surface area contributed by atoms with Gasteiger partial charge in [-0.25, -0.2) is 0 Å². The average molecular weight is 161 g/mol.